The second kappa shape index (κ2) is 3.86. The lowest BCUT2D eigenvalue weighted by Crippen LogP contribution is -2.20. The van der Waals surface area contributed by atoms with E-state index in [4.69, 9.17) is 0 Å². The van der Waals surface area contributed by atoms with Crippen LogP contribution in [0.3, 0.4) is 0 Å². The Bertz CT molecular complexity index is 460. The topological polar surface area (TPSA) is 55.1 Å². The maximum atomic E-state index is 11.3. The fourth-order valence-electron chi connectivity index (χ4n) is 3.05. The molecule has 0 radical (unpaired) electrons. The first kappa shape index (κ1) is 10.8. The van der Waals surface area contributed by atoms with Crippen LogP contribution in [0.5, 0.6) is 0 Å². The Balaban J connectivity index is 2.11. The van der Waals surface area contributed by atoms with E-state index in [1.807, 2.05) is 0 Å². The molecular formula is C13H18N2O2. The molecule has 0 aromatic carbocycles. The first-order valence-electron chi connectivity index (χ1n) is 6.52. The maximum absolute atomic E-state index is 11.3. The van der Waals surface area contributed by atoms with E-state index < -0.39 is 5.97 Å². The molecule has 1 N–H and O–H groups in total. The van der Waals surface area contributed by atoms with Gasteiger partial charge in [-0.05, 0) is 31.6 Å². The summed E-state index contributed by atoms with van der Waals surface area (Å²) in [5.41, 5.74) is 1.27. The molecule has 0 saturated heterocycles. The van der Waals surface area contributed by atoms with Crippen molar-refractivity contribution in [1.82, 2.24) is 9.55 Å². The smallest absolute Gasteiger partial charge is 0.356 e. The molecule has 1 unspecified atom stereocenters. The summed E-state index contributed by atoms with van der Waals surface area (Å²) >= 11 is 0. The van der Waals surface area contributed by atoms with Crippen molar-refractivity contribution < 1.29 is 9.90 Å². The zero-order chi connectivity index (χ0) is 12.0. The lowest BCUT2D eigenvalue weighted by Gasteiger charge is -2.29. The maximum Gasteiger partial charge on any atom is 0.356 e. The van der Waals surface area contributed by atoms with Gasteiger partial charge in [-0.15, -0.1) is 0 Å². The number of carbonyl (C=O) groups is 1. The van der Waals surface area contributed by atoms with Crippen molar-refractivity contribution in [3.8, 4) is 0 Å². The van der Waals surface area contributed by atoms with Crippen LogP contribution in [-0.4, -0.2) is 20.6 Å². The normalized spacial score (nSPS) is 24.2. The molecule has 1 aromatic heterocycles. The summed E-state index contributed by atoms with van der Waals surface area (Å²) in [4.78, 5) is 15.7. The molecule has 1 aromatic rings. The summed E-state index contributed by atoms with van der Waals surface area (Å²) < 4.78 is 2.20. The minimum atomic E-state index is -0.868. The van der Waals surface area contributed by atoms with E-state index in [2.05, 4.69) is 16.5 Å². The quantitative estimate of drug-likeness (QED) is 0.856. The highest BCUT2D eigenvalue weighted by Gasteiger charge is 2.33. The zero-order valence-corrected chi connectivity index (χ0v) is 10.1. The van der Waals surface area contributed by atoms with Crippen LogP contribution < -0.4 is 0 Å². The second-order valence-electron chi connectivity index (χ2n) is 5.33. The van der Waals surface area contributed by atoms with Crippen molar-refractivity contribution in [2.24, 2.45) is 0 Å². The lowest BCUT2D eigenvalue weighted by atomic mass is 9.84. The summed E-state index contributed by atoms with van der Waals surface area (Å²) in [5, 5.41) is 9.27. The molecule has 4 heteroatoms. The van der Waals surface area contributed by atoms with Crippen LogP contribution in [0.15, 0.2) is 0 Å². The number of carboxylic acids is 1. The Hall–Kier alpha value is -1.32. The molecule has 1 fully saturated rings. The highest BCUT2D eigenvalue weighted by Crippen LogP contribution is 2.40. The summed E-state index contributed by atoms with van der Waals surface area (Å²) in [7, 11) is 0. The van der Waals surface area contributed by atoms with E-state index in [0.29, 0.717) is 17.5 Å². The largest absolute Gasteiger partial charge is 0.476 e. The number of imidazole rings is 1. The van der Waals surface area contributed by atoms with E-state index in [9.17, 15) is 9.90 Å². The Morgan fingerprint density at radius 3 is 2.71 bits per heavy atom. The van der Waals surface area contributed by atoms with Crippen LogP contribution in [0.4, 0.5) is 0 Å². The lowest BCUT2D eigenvalue weighted by molar-refractivity contribution is 0.0688. The van der Waals surface area contributed by atoms with Gasteiger partial charge in [-0.2, -0.15) is 0 Å². The molecule has 1 aliphatic heterocycles. The highest BCUT2D eigenvalue weighted by atomic mass is 16.4. The SMILES string of the molecule is CC1CCCn2c(C3CCC3)nc(C(=O)O)c21. The third kappa shape index (κ3) is 1.58. The van der Waals surface area contributed by atoms with Gasteiger partial charge in [0.1, 0.15) is 5.82 Å². The number of aromatic nitrogens is 2. The van der Waals surface area contributed by atoms with Crippen LogP contribution in [0.2, 0.25) is 0 Å². The van der Waals surface area contributed by atoms with Gasteiger partial charge in [0.05, 0.1) is 5.69 Å². The Morgan fingerprint density at radius 1 is 1.35 bits per heavy atom. The minimum absolute atomic E-state index is 0.305. The second-order valence-corrected chi connectivity index (χ2v) is 5.33. The molecule has 1 atom stereocenters. The summed E-state index contributed by atoms with van der Waals surface area (Å²) in [6, 6.07) is 0. The molecule has 3 rings (SSSR count). The van der Waals surface area contributed by atoms with Crippen LogP contribution >= 0.6 is 0 Å². The van der Waals surface area contributed by atoms with E-state index in [1.54, 1.807) is 0 Å². The van der Waals surface area contributed by atoms with Gasteiger partial charge in [-0.25, -0.2) is 9.78 Å². The van der Waals surface area contributed by atoms with Gasteiger partial charge in [0, 0.05) is 12.5 Å². The first-order chi connectivity index (χ1) is 8.18. The predicted octanol–water partition coefficient (Wildman–Crippen LogP) is 2.75. The van der Waals surface area contributed by atoms with Gasteiger partial charge in [0.15, 0.2) is 5.69 Å². The monoisotopic (exact) mass is 234 g/mol. The standard InChI is InChI=1S/C13H18N2O2/c1-8-4-3-7-15-11(8)10(13(16)17)14-12(15)9-5-2-6-9/h8-9H,2-7H2,1H3,(H,16,17). The molecule has 17 heavy (non-hydrogen) atoms. The summed E-state index contributed by atoms with van der Waals surface area (Å²) in [5.74, 6) is 1.01. The molecule has 92 valence electrons. The van der Waals surface area contributed by atoms with Gasteiger partial charge < -0.3 is 9.67 Å². The predicted molar refractivity (Wildman–Crippen MR) is 63.4 cm³/mol. The number of fused-ring (bicyclic) bond motifs is 1. The molecule has 2 heterocycles. The molecule has 0 spiro atoms. The van der Waals surface area contributed by atoms with Crippen LogP contribution in [0, 0.1) is 0 Å². The van der Waals surface area contributed by atoms with Gasteiger partial charge >= 0.3 is 5.97 Å². The van der Waals surface area contributed by atoms with E-state index in [1.165, 1.54) is 19.3 Å². The van der Waals surface area contributed by atoms with Crippen LogP contribution in [0.1, 0.15) is 72.9 Å². The molecule has 0 bridgehead atoms. The van der Waals surface area contributed by atoms with Gasteiger partial charge in [-0.3, -0.25) is 0 Å². The number of nitrogens with zero attached hydrogens (tertiary/aromatic N) is 2. The van der Waals surface area contributed by atoms with Gasteiger partial charge in [-0.1, -0.05) is 13.3 Å². The molecule has 1 aliphatic carbocycles. The van der Waals surface area contributed by atoms with E-state index in [-0.39, 0.29) is 0 Å². The van der Waals surface area contributed by atoms with Crippen LogP contribution in [0.25, 0.3) is 0 Å². The molecule has 0 amide bonds. The fourth-order valence-corrected chi connectivity index (χ4v) is 3.05. The third-order valence-electron chi connectivity index (χ3n) is 4.19. The average molecular weight is 234 g/mol. The van der Waals surface area contributed by atoms with Gasteiger partial charge in [0.25, 0.3) is 0 Å². The number of rotatable bonds is 2. The van der Waals surface area contributed by atoms with Crippen molar-refractivity contribution in [1.29, 1.82) is 0 Å². The summed E-state index contributed by atoms with van der Waals surface area (Å²) in [6.45, 7) is 3.06. The van der Waals surface area contributed by atoms with E-state index in [0.717, 1.165) is 30.9 Å². The van der Waals surface area contributed by atoms with Crippen molar-refractivity contribution in [2.45, 2.75) is 57.4 Å². The Labute approximate surface area is 101 Å². The molecular weight excluding hydrogens is 216 g/mol. The number of hydrogen-bond donors (Lipinski definition) is 1. The fraction of sp³-hybridized carbons (Fsp3) is 0.692. The zero-order valence-electron chi connectivity index (χ0n) is 10.1. The number of aromatic carboxylic acids is 1. The molecule has 4 nitrogen and oxygen atoms in total. The summed E-state index contributed by atoms with van der Waals surface area (Å²) in [6.07, 6.45) is 5.82. The number of hydrogen-bond acceptors (Lipinski definition) is 2. The van der Waals surface area contributed by atoms with Crippen LogP contribution in [-0.2, 0) is 6.54 Å². The average Bonchev–Trinajstić information content (AvgIpc) is 2.57. The Kier molecular flexibility index (Phi) is 2.45. The van der Waals surface area contributed by atoms with Crippen molar-refractivity contribution in [3.63, 3.8) is 0 Å². The third-order valence-corrected chi connectivity index (χ3v) is 4.19. The minimum Gasteiger partial charge on any atom is -0.476 e. The van der Waals surface area contributed by atoms with E-state index >= 15 is 0 Å². The molecule has 1 saturated carbocycles. The van der Waals surface area contributed by atoms with Crippen molar-refractivity contribution in [3.05, 3.63) is 17.2 Å². The number of carboxylic acid groups (broad SMARTS) is 1. The Morgan fingerprint density at radius 2 is 2.12 bits per heavy atom. The first-order valence-corrected chi connectivity index (χ1v) is 6.52. The molecule has 2 aliphatic rings. The van der Waals surface area contributed by atoms with Gasteiger partial charge in [0.2, 0.25) is 0 Å². The van der Waals surface area contributed by atoms with Crippen molar-refractivity contribution >= 4 is 5.97 Å². The van der Waals surface area contributed by atoms with Crippen molar-refractivity contribution in [2.75, 3.05) is 0 Å². The highest BCUT2D eigenvalue weighted by molar-refractivity contribution is 5.87.